The van der Waals surface area contributed by atoms with Crippen molar-refractivity contribution in [2.75, 3.05) is 26.3 Å². The fourth-order valence-electron chi connectivity index (χ4n) is 2.96. The molecule has 12 heteroatoms. The van der Waals surface area contributed by atoms with E-state index < -0.39 is 27.7 Å². The van der Waals surface area contributed by atoms with Gasteiger partial charge in [0.25, 0.3) is 5.91 Å². The summed E-state index contributed by atoms with van der Waals surface area (Å²) < 4.78 is 70.7. The van der Waals surface area contributed by atoms with Crippen LogP contribution in [0, 0.1) is 0 Å². The number of morpholine rings is 1. The van der Waals surface area contributed by atoms with Crippen molar-refractivity contribution in [3.63, 3.8) is 0 Å². The van der Waals surface area contributed by atoms with Crippen LogP contribution in [0.3, 0.4) is 0 Å². The Morgan fingerprint density at radius 3 is 2.42 bits per heavy atom. The smallest absolute Gasteiger partial charge is 0.379 e. The monoisotopic (exact) mass is 496 g/mol. The molecule has 2 aromatic carbocycles. The predicted octanol–water partition coefficient (Wildman–Crippen LogP) is 3.96. The number of hydrogen-bond acceptors (Lipinski definition) is 4. The average Bonchev–Trinajstić information content (AvgIpc) is 2.72. The van der Waals surface area contributed by atoms with Crippen molar-refractivity contribution in [3.05, 3.63) is 63.1 Å². The molecule has 1 aliphatic rings. The highest BCUT2D eigenvalue weighted by Crippen LogP contribution is 2.32. The maximum atomic E-state index is 12.9. The first kappa shape index (κ1) is 23.8. The zero-order valence-corrected chi connectivity index (χ0v) is 18.2. The van der Waals surface area contributed by atoms with Crippen LogP contribution in [-0.4, -0.2) is 44.9 Å². The van der Waals surface area contributed by atoms with Gasteiger partial charge in [-0.25, -0.2) is 8.42 Å². The van der Waals surface area contributed by atoms with Crippen LogP contribution in [0.4, 0.5) is 13.2 Å². The summed E-state index contributed by atoms with van der Waals surface area (Å²) in [7, 11) is -4.00. The van der Waals surface area contributed by atoms with Gasteiger partial charge in [-0.1, -0.05) is 35.3 Å². The lowest BCUT2D eigenvalue weighted by Gasteiger charge is -2.26. The van der Waals surface area contributed by atoms with Crippen LogP contribution >= 0.6 is 23.2 Å². The van der Waals surface area contributed by atoms with Crippen molar-refractivity contribution in [2.45, 2.75) is 17.6 Å². The van der Waals surface area contributed by atoms with Crippen LogP contribution in [0.25, 0.3) is 0 Å². The highest BCUT2D eigenvalue weighted by molar-refractivity contribution is 7.89. The fraction of sp³-hybridized carbons (Fsp3) is 0.316. The molecular formula is C19H17Cl2F3N2O4S. The maximum Gasteiger partial charge on any atom is 0.416 e. The van der Waals surface area contributed by atoms with Gasteiger partial charge in [-0.15, -0.1) is 0 Å². The molecule has 1 amide bonds. The molecule has 0 atom stereocenters. The fourth-order valence-corrected chi connectivity index (χ4v) is 5.20. The van der Waals surface area contributed by atoms with Crippen molar-refractivity contribution < 1.29 is 31.1 Å². The first-order valence-corrected chi connectivity index (χ1v) is 11.2. The molecule has 0 saturated carbocycles. The number of sulfonamides is 1. The first-order valence-electron chi connectivity index (χ1n) is 9.01. The van der Waals surface area contributed by atoms with E-state index in [9.17, 15) is 26.4 Å². The Labute approximate surface area is 186 Å². The van der Waals surface area contributed by atoms with Crippen molar-refractivity contribution in [1.82, 2.24) is 9.62 Å². The first-order chi connectivity index (χ1) is 14.5. The quantitative estimate of drug-likeness (QED) is 0.679. The Morgan fingerprint density at radius 2 is 1.77 bits per heavy atom. The van der Waals surface area contributed by atoms with E-state index in [1.807, 2.05) is 0 Å². The number of rotatable bonds is 5. The predicted molar refractivity (Wildman–Crippen MR) is 109 cm³/mol. The van der Waals surface area contributed by atoms with Crippen LogP contribution in [0.15, 0.2) is 41.3 Å². The molecule has 0 bridgehead atoms. The van der Waals surface area contributed by atoms with Gasteiger partial charge in [0.15, 0.2) is 0 Å². The van der Waals surface area contributed by atoms with E-state index in [0.29, 0.717) is 0 Å². The van der Waals surface area contributed by atoms with Crippen molar-refractivity contribution in [3.8, 4) is 0 Å². The third kappa shape index (κ3) is 5.50. The molecular weight excluding hydrogens is 480 g/mol. The highest BCUT2D eigenvalue weighted by atomic mass is 35.5. The van der Waals surface area contributed by atoms with Crippen molar-refractivity contribution >= 4 is 39.1 Å². The number of halogens is 5. The number of alkyl halides is 3. The van der Waals surface area contributed by atoms with Gasteiger partial charge in [0.2, 0.25) is 10.0 Å². The van der Waals surface area contributed by atoms with Gasteiger partial charge in [0, 0.05) is 19.6 Å². The molecule has 1 aliphatic heterocycles. The third-order valence-electron chi connectivity index (χ3n) is 4.56. The molecule has 0 aliphatic carbocycles. The molecule has 2 aromatic rings. The van der Waals surface area contributed by atoms with Gasteiger partial charge in [-0.3, -0.25) is 4.79 Å². The maximum absolute atomic E-state index is 12.9. The van der Waals surface area contributed by atoms with E-state index in [1.54, 1.807) is 0 Å². The molecule has 0 spiro atoms. The molecule has 168 valence electrons. The lowest BCUT2D eigenvalue weighted by atomic mass is 10.1. The van der Waals surface area contributed by atoms with Gasteiger partial charge in [0.1, 0.15) is 4.90 Å². The largest absolute Gasteiger partial charge is 0.416 e. The summed E-state index contributed by atoms with van der Waals surface area (Å²) in [4.78, 5) is 12.3. The van der Waals surface area contributed by atoms with Crippen LogP contribution < -0.4 is 5.32 Å². The topological polar surface area (TPSA) is 75.7 Å². The lowest BCUT2D eigenvalue weighted by Crippen LogP contribution is -2.40. The minimum atomic E-state index is -4.51. The van der Waals surface area contributed by atoms with Gasteiger partial charge in [-0.05, 0) is 29.8 Å². The zero-order chi connectivity index (χ0) is 22.8. The summed E-state index contributed by atoms with van der Waals surface area (Å²) in [5.41, 5.74) is -0.790. The van der Waals surface area contributed by atoms with Crippen molar-refractivity contribution in [2.24, 2.45) is 0 Å². The van der Waals surface area contributed by atoms with Crippen LogP contribution in [0.2, 0.25) is 10.0 Å². The summed E-state index contributed by atoms with van der Waals surface area (Å²) in [5, 5.41) is 2.21. The summed E-state index contributed by atoms with van der Waals surface area (Å²) in [5.74, 6) is -0.752. The molecule has 0 aromatic heterocycles. The summed E-state index contributed by atoms with van der Waals surface area (Å²) >= 11 is 12.2. The number of amides is 1. The summed E-state index contributed by atoms with van der Waals surface area (Å²) in [6.45, 7) is 0.521. The minimum Gasteiger partial charge on any atom is -0.379 e. The van der Waals surface area contributed by atoms with E-state index in [4.69, 9.17) is 27.9 Å². The van der Waals surface area contributed by atoms with E-state index in [0.717, 1.165) is 24.3 Å². The van der Waals surface area contributed by atoms with Gasteiger partial charge >= 0.3 is 6.18 Å². The van der Waals surface area contributed by atoms with Crippen LogP contribution in [-0.2, 0) is 27.5 Å². The molecule has 1 N–H and O–H groups in total. The van der Waals surface area contributed by atoms with E-state index in [-0.39, 0.29) is 58.9 Å². The van der Waals surface area contributed by atoms with Gasteiger partial charge < -0.3 is 10.1 Å². The number of nitrogens with one attached hydrogen (secondary N) is 1. The molecule has 1 saturated heterocycles. The summed E-state index contributed by atoms with van der Waals surface area (Å²) in [6.07, 6.45) is -4.51. The molecule has 1 heterocycles. The van der Waals surface area contributed by atoms with Gasteiger partial charge in [0.05, 0.1) is 34.4 Å². The Hall–Kier alpha value is -1.85. The van der Waals surface area contributed by atoms with Crippen LogP contribution in [0.1, 0.15) is 21.5 Å². The highest BCUT2D eigenvalue weighted by Gasteiger charge is 2.31. The molecule has 3 rings (SSSR count). The number of nitrogens with zero attached hydrogens (tertiary/aromatic N) is 1. The molecule has 6 nitrogen and oxygen atoms in total. The lowest BCUT2D eigenvalue weighted by molar-refractivity contribution is -0.137. The minimum absolute atomic E-state index is 0.0903. The molecule has 0 radical (unpaired) electrons. The second kappa shape index (κ2) is 9.33. The molecule has 1 fully saturated rings. The standard InChI is InChI=1S/C19H17Cl2F3N2O4S/c20-15-10-16(21)17(31(28,29)26-4-6-30-7-5-26)9-14(15)18(27)25-11-12-2-1-3-13(8-12)19(22,23)24/h1-3,8-10H,4-7,11H2,(H,25,27). The average molecular weight is 497 g/mol. The number of carbonyl (C=O) groups excluding carboxylic acids is 1. The SMILES string of the molecule is O=C(NCc1cccc(C(F)(F)F)c1)c1cc(S(=O)(=O)N2CCOCC2)c(Cl)cc1Cl. The van der Waals surface area contributed by atoms with E-state index in [2.05, 4.69) is 5.32 Å². The number of ether oxygens (including phenoxy) is 1. The Bertz CT molecular complexity index is 1090. The van der Waals surface area contributed by atoms with Gasteiger partial charge in [-0.2, -0.15) is 17.5 Å². The molecule has 31 heavy (non-hydrogen) atoms. The Morgan fingerprint density at radius 1 is 1.10 bits per heavy atom. The van der Waals surface area contributed by atoms with E-state index in [1.165, 1.54) is 16.4 Å². The number of carbonyl (C=O) groups is 1. The van der Waals surface area contributed by atoms with Crippen LogP contribution in [0.5, 0.6) is 0 Å². The van der Waals surface area contributed by atoms with E-state index >= 15 is 0 Å². The number of benzene rings is 2. The van der Waals surface area contributed by atoms with Crippen molar-refractivity contribution in [1.29, 1.82) is 0 Å². The Balaban J connectivity index is 1.83. The third-order valence-corrected chi connectivity index (χ3v) is 7.24. The Kier molecular flexibility index (Phi) is 7.17. The number of hydrogen-bond donors (Lipinski definition) is 1. The summed E-state index contributed by atoms with van der Waals surface area (Å²) in [6, 6.07) is 6.70. The normalized spacial score (nSPS) is 15.6. The zero-order valence-electron chi connectivity index (χ0n) is 15.9. The second-order valence-electron chi connectivity index (χ2n) is 6.66. The second-order valence-corrected chi connectivity index (χ2v) is 9.38. The molecule has 0 unspecified atom stereocenters.